The molecule has 5 nitrogen and oxygen atoms in total. The summed E-state index contributed by atoms with van der Waals surface area (Å²) >= 11 is 0. The Kier molecular flexibility index (Phi) is 3.84. The highest BCUT2D eigenvalue weighted by Gasteiger charge is 2.21. The number of nitrogens with one attached hydrogen (secondary N) is 2. The van der Waals surface area contributed by atoms with Gasteiger partial charge in [-0.25, -0.2) is 0 Å². The number of aryl methyl sites for hydroxylation is 3. The van der Waals surface area contributed by atoms with E-state index in [1.54, 1.807) is 4.68 Å². The van der Waals surface area contributed by atoms with Gasteiger partial charge in [0, 0.05) is 36.1 Å². The maximum atomic E-state index is 12.3. The van der Waals surface area contributed by atoms with E-state index in [0.717, 1.165) is 49.1 Å². The Labute approximate surface area is 141 Å². The summed E-state index contributed by atoms with van der Waals surface area (Å²) in [4.78, 5) is 15.6. The molecule has 3 aromatic rings. The van der Waals surface area contributed by atoms with E-state index in [1.807, 2.05) is 13.1 Å². The maximum absolute atomic E-state index is 12.3. The van der Waals surface area contributed by atoms with Crippen LogP contribution in [0.1, 0.15) is 36.1 Å². The zero-order chi connectivity index (χ0) is 16.5. The van der Waals surface area contributed by atoms with Gasteiger partial charge in [-0.05, 0) is 43.7 Å². The SMILES string of the molecule is Cn1nc2c(c1NC(=O)CCCc1c[nH]c3ccccc13)CCC2. The average molecular weight is 322 g/mol. The monoisotopic (exact) mass is 322 g/mol. The number of carbonyl (C=O) groups excluding carboxylic acids is 1. The van der Waals surface area contributed by atoms with Crippen molar-refractivity contribution in [3.05, 3.63) is 47.3 Å². The quantitative estimate of drug-likeness (QED) is 0.756. The van der Waals surface area contributed by atoms with E-state index < -0.39 is 0 Å². The lowest BCUT2D eigenvalue weighted by Crippen LogP contribution is -2.15. The van der Waals surface area contributed by atoms with E-state index in [4.69, 9.17) is 0 Å². The molecule has 0 fully saturated rings. The van der Waals surface area contributed by atoms with Crippen LogP contribution >= 0.6 is 0 Å². The number of hydrogen-bond donors (Lipinski definition) is 2. The minimum atomic E-state index is 0.0764. The van der Waals surface area contributed by atoms with Crippen LogP contribution in [0.3, 0.4) is 0 Å². The van der Waals surface area contributed by atoms with Crippen molar-refractivity contribution in [3.63, 3.8) is 0 Å². The molecule has 2 aromatic heterocycles. The molecule has 0 aliphatic heterocycles. The summed E-state index contributed by atoms with van der Waals surface area (Å²) in [6.45, 7) is 0. The molecule has 2 heterocycles. The van der Waals surface area contributed by atoms with E-state index >= 15 is 0 Å². The van der Waals surface area contributed by atoms with Gasteiger partial charge < -0.3 is 10.3 Å². The van der Waals surface area contributed by atoms with Crippen molar-refractivity contribution < 1.29 is 4.79 Å². The molecule has 0 saturated heterocycles. The molecule has 124 valence electrons. The number of benzene rings is 1. The lowest BCUT2D eigenvalue weighted by molar-refractivity contribution is -0.116. The van der Waals surface area contributed by atoms with Crippen molar-refractivity contribution >= 4 is 22.6 Å². The molecular weight excluding hydrogens is 300 g/mol. The summed E-state index contributed by atoms with van der Waals surface area (Å²) in [6, 6.07) is 8.28. The summed E-state index contributed by atoms with van der Waals surface area (Å²) < 4.78 is 1.81. The van der Waals surface area contributed by atoms with Crippen LogP contribution in [0.2, 0.25) is 0 Å². The fraction of sp³-hybridized carbons (Fsp3) is 0.368. The highest BCUT2D eigenvalue weighted by molar-refractivity contribution is 5.91. The van der Waals surface area contributed by atoms with Gasteiger partial charge in [0.15, 0.2) is 0 Å². The standard InChI is InChI=1S/C19H22N4O/c1-23-19(15-8-5-10-17(15)22-23)21-18(24)11-4-6-13-12-20-16-9-3-2-7-14(13)16/h2-3,7,9,12,20H,4-6,8,10-11H2,1H3,(H,21,24). The molecule has 2 N–H and O–H groups in total. The predicted molar refractivity (Wildman–Crippen MR) is 95.1 cm³/mol. The molecule has 1 aliphatic rings. The van der Waals surface area contributed by atoms with Gasteiger partial charge in [0.2, 0.25) is 5.91 Å². The zero-order valence-corrected chi connectivity index (χ0v) is 13.9. The second-order valence-electron chi connectivity index (χ2n) is 6.51. The van der Waals surface area contributed by atoms with Crippen LogP contribution in [-0.4, -0.2) is 20.7 Å². The highest BCUT2D eigenvalue weighted by atomic mass is 16.1. The van der Waals surface area contributed by atoms with E-state index in [2.05, 4.69) is 39.8 Å². The van der Waals surface area contributed by atoms with Gasteiger partial charge in [-0.15, -0.1) is 0 Å². The van der Waals surface area contributed by atoms with Crippen molar-refractivity contribution in [3.8, 4) is 0 Å². The van der Waals surface area contributed by atoms with Crippen LogP contribution < -0.4 is 5.32 Å². The Morgan fingerprint density at radius 1 is 1.33 bits per heavy atom. The van der Waals surface area contributed by atoms with Gasteiger partial charge in [-0.1, -0.05) is 18.2 Å². The van der Waals surface area contributed by atoms with Gasteiger partial charge >= 0.3 is 0 Å². The largest absolute Gasteiger partial charge is 0.361 e. The predicted octanol–water partition coefficient (Wildman–Crippen LogP) is 3.35. The third-order valence-corrected chi connectivity index (χ3v) is 4.85. The number of anilines is 1. The number of aromatic amines is 1. The number of rotatable bonds is 5. The third kappa shape index (κ3) is 2.70. The first-order valence-corrected chi connectivity index (χ1v) is 8.62. The summed E-state index contributed by atoms with van der Waals surface area (Å²) in [5.41, 5.74) is 4.80. The topological polar surface area (TPSA) is 62.7 Å². The number of H-pyrrole nitrogens is 1. The highest BCUT2D eigenvalue weighted by Crippen LogP contribution is 2.28. The molecular formula is C19H22N4O. The summed E-state index contributed by atoms with van der Waals surface area (Å²) in [5, 5.41) is 8.81. The van der Waals surface area contributed by atoms with E-state index in [0.29, 0.717) is 6.42 Å². The normalized spacial score (nSPS) is 13.4. The Morgan fingerprint density at radius 2 is 2.21 bits per heavy atom. The molecule has 0 saturated carbocycles. The molecule has 5 heteroatoms. The molecule has 0 radical (unpaired) electrons. The smallest absolute Gasteiger partial charge is 0.225 e. The Bertz CT molecular complexity index is 890. The first-order chi connectivity index (χ1) is 11.7. The molecule has 0 bridgehead atoms. The molecule has 24 heavy (non-hydrogen) atoms. The lowest BCUT2D eigenvalue weighted by Gasteiger charge is -2.07. The minimum absolute atomic E-state index is 0.0764. The second kappa shape index (κ2) is 6.15. The third-order valence-electron chi connectivity index (χ3n) is 4.85. The number of fused-ring (bicyclic) bond motifs is 2. The van der Waals surface area contributed by atoms with E-state index in [1.165, 1.54) is 16.5 Å². The van der Waals surface area contributed by atoms with Crippen LogP contribution in [0.25, 0.3) is 10.9 Å². The van der Waals surface area contributed by atoms with Crippen LogP contribution in [0.5, 0.6) is 0 Å². The number of para-hydroxylation sites is 1. The molecule has 4 rings (SSSR count). The Morgan fingerprint density at radius 3 is 3.12 bits per heavy atom. The first kappa shape index (κ1) is 15.0. The van der Waals surface area contributed by atoms with Gasteiger partial charge in [-0.2, -0.15) is 5.10 Å². The van der Waals surface area contributed by atoms with Crippen LogP contribution in [0.4, 0.5) is 5.82 Å². The number of aromatic nitrogens is 3. The van der Waals surface area contributed by atoms with Gasteiger partial charge in [0.25, 0.3) is 0 Å². The maximum Gasteiger partial charge on any atom is 0.225 e. The summed E-state index contributed by atoms with van der Waals surface area (Å²) in [6.07, 6.45) is 7.51. The fourth-order valence-electron chi connectivity index (χ4n) is 3.65. The van der Waals surface area contributed by atoms with Crippen LogP contribution in [0.15, 0.2) is 30.5 Å². The molecule has 0 spiro atoms. The summed E-state index contributed by atoms with van der Waals surface area (Å²) in [7, 11) is 1.90. The van der Waals surface area contributed by atoms with E-state index in [9.17, 15) is 4.79 Å². The van der Waals surface area contributed by atoms with Crippen molar-refractivity contribution in [2.45, 2.75) is 38.5 Å². The Balaban J connectivity index is 1.36. The van der Waals surface area contributed by atoms with E-state index in [-0.39, 0.29) is 5.91 Å². The Hall–Kier alpha value is -2.56. The van der Waals surface area contributed by atoms with Crippen molar-refractivity contribution in [1.82, 2.24) is 14.8 Å². The van der Waals surface area contributed by atoms with Crippen molar-refractivity contribution in [1.29, 1.82) is 0 Å². The van der Waals surface area contributed by atoms with Crippen LogP contribution in [0, 0.1) is 0 Å². The molecule has 1 aliphatic carbocycles. The number of nitrogens with zero attached hydrogens (tertiary/aromatic N) is 2. The molecule has 0 unspecified atom stereocenters. The van der Waals surface area contributed by atoms with Gasteiger partial charge in [0.05, 0.1) is 5.69 Å². The first-order valence-electron chi connectivity index (χ1n) is 8.62. The molecule has 1 amide bonds. The molecule has 1 aromatic carbocycles. The van der Waals surface area contributed by atoms with Gasteiger partial charge in [-0.3, -0.25) is 9.48 Å². The lowest BCUT2D eigenvalue weighted by atomic mass is 10.1. The average Bonchev–Trinajstić information content (AvgIpc) is 3.25. The second-order valence-corrected chi connectivity index (χ2v) is 6.51. The van der Waals surface area contributed by atoms with Crippen molar-refractivity contribution in [2.75, 3.05) is 5.32 Å². The number of hydrogen-bond acceptors (Lipinski definition) is 2. The zero-order valence-electron chi connectivity index (χ0n) is 13.9. The van der Waals surface area contributed by atoms with Gasteiger partial charge in [0.1, 0.15) is 5.82 Å². The minimum Gasteiger partial charge on any atom is -0.361 e. The number of carbonyl (C=O) groups is 1. The molecule has 0 atom stereocenters. The van der Waals surface area contributed by atoms with Crippen molar-refractivity contribution in [2.24, 2.45) is 7.05 Å². The fourth-order valence-corrected chi connectivity index (χ4v) is 3.65. The summed E-state index contributed by atoms with van der Waals surface area (Å²) in [5.74, 6) is 0.965. The van der Waals surface area contributed by atoms with Crippen LogP contribution in [-0.2, 0) is 31.1 Å². The number of amides is 1.